The number of hydrogen-bond acceptors (Lipinski definition) is 9. The van der Waals surface area contributed by atoms with Gasteiger partial charge in [-0.15, -0.1) is 23.7 Å². The van der Waals surface area contributed by atoms with Crippen LogP contribution < -0.4 is 14.8 Å². The molecule has 2 N–H and O–H groups in total. The summed E-state index contributed by atoms with van der Waals surface area (Å²) in [5, 5.41) is 15.8. The Morgan fingerprint density at radius 2 is 2.05 bits per heavy atom. The van der Waals surface area contributed by atoms with Crippen LogP contribution in [0.2, 0.25) is 5.02 Å². The second-order valence-corrected chi connectivity index (χ2v) is 9.74. The molecule has 1 aliphatic heterocycles. The fourth-order valence-electron chi connectivity index (χ4n) is 4.37. The van der Waals surface area contributed by atoms with Gasteiger partial charge in [-0.25, -0.2) is 15.0 Å². The van der Waals surface area contributed by atoms with E-state index in [1.165, 1.54) is 17.7 Å². The molecule has 0 spiro atoms. The molecule has 0 saturated carbocycles. The summed E-state index contributed by atoms with van der Waals surface area (Å²) in [6, 6.07) is 11.0. The minimum absolute atomic E-state index is 0. The van der Waals surface area contributed by atoms with E-state index in [2.05, 4.69) is 20.3 Å². The van der Waals surface area contributed by atoms with Gasteiger partial charge in [-0.2, -0.15) is 0 Å². The van der Waals surface area contributed by atoms with Crippen LogP contribution in [-0.2, 0) is 11.4 Å². The average Bonchev–Trinajstić information content (AvgIpc) is 3.45. The number of nitrogens with one attached hydrogen (secondary N) is 1. The molecule has 1 atom stereocenters. The normalized spacial score (nSPS) is 15.1. The average molecular weight is 577 g/mol. The number of aliphatic hydroxyl groups is 1. The van der Waals surface area contributed by atoms with E-state index >= 15 is 0 Å². The number of fused-ring (bicyclic) bond motifs is 1. The van der Waals surface area contributed by atoms with Crippen LogP contribution in [0.1, 0.15) is 25.0 Å². The first-order valence-corrected chi connectivity index (χ1v) is 13.3. The van der Waals surface area contributed by atoms with Gasteiger partial charge < -0.3 is 24.8 Å². The number of halogens is 2. The third-order valence-corrected chi connectivity index (χ3v) is 7.12. The molecule has 1 amide bonds. The van der Waals surface area contributed by atoms with Gasteiger partial charge in [0.05, 0.1) is 33.2 Å². The van der Waals surface area contributed by atoms with Gasteiger partial charge in [0.2, 0.25) is 5.91 Å². The molecule has 3 heterocycles. The lowest BCUT2D eigenvalue weighted by Gasteiger charge is -2.35. The zero-order valence-electron chi connectivity index (χ0n) is 20.4. The van der Waals surface area contributed by atoms with Crippen LogP contribution in [-0.4, -0.2) is 56.7 Å². The summed E-state index contributed by atoms with van der Waals surface area (Å²) in [6.45, 7) is 0.790. The maximum atomic E-state index is 12.2. The van der Waals surface area contributed by atoms with Gasteiger partial charge in [0.25, 0.3) is 0 Å². The SMILES string of the molecule is Cl.O=C(CO)N1CCCC[C@H]1COc1cccc2ncnc(Nc3ccc(OCc4cscn4)c(Cl)c3)c12. The number of ether oxygens (including phenoxy) is 2. The van der Waals surface area contributed by atoms with Crippen molar-refractivity contribution in [3.8, 4) is 11.5 Å². The molecule has 5 rings (SSSR count). The molecular weight excluding hydrogens is 549 g/mol. The summed E-state index contributed by atoms with van der Waals surface area (Å²) in [6.07, 6.45) is 4.26. The first-order chi connectivity index (χ1) is 18.1. The highest BCUT2D eigenvalue weighted by molar-refractivity contribution is 7.07. The predicted octanol–water partition coefficient (Wildman–Crippen LogP) is 5.24. The lowest BCUT2D eigenvalue weighted by atomic mass is 10.0. The van der Waals surface area contributed by atoms with Crippen molar-refractivity contribution < 1.29 is 19.4 Å². The van der Waals surface area contributed by atoms with Gasteiger partial charge in [0, 0.05) is 17.6 Å². The fraction of sp³-hybridized carbons (Fsp3) is 0.308. The van der Waals surface area contributed by atoms with E-state index in [4.69, 9.17) is 21.1 Å². The number of carbonyl (C=O) groups is 1. The minimum Gasteiger partial charge on any atom is -0.491 e. The van der Waals surface area contributed by atoms with Gasteiger partial charge >= 0.3 is 0 Å². The number of carbonyl (C=O) groups excluding carboxylic acids is 1. The standard InChI is InChI=1S/C26H26ClN5O4S.ClH/c27-20-10-17(7-8-22(20)35-12-18-14-37-16-30-18)31-26-25-21(28-15-29-26)5-3-6-23(25)36-13-19-4-1-2-9-32(19)24(34)11-33;/h3,5-8,10,14-16,19,33H,1-2,4,9,11-13H2,(H,28,29,31);1H/t19-;/m0./s1. The van der Waals surface area contributed by atoms with E-state index in [0.717, 1.165) is 41.5 Å². The Balaban J connectivity index is 0.00000336. The van der Waals surface area contributed by atoms with Crippen molar-refractivity contribution in [2.24, 2.45) is 0 Å². The highest BCUT2D eigenvalue weighted by Crippen LogP contribution is 2.34. The van der Waals surface area contributed by atoms with E-state index in [1.54, 1.807) is 22.5 Å². The van der Waals surface area contributed by atoms with E-state index in [1.807, 2.05) is 29.6 Å². The van der Waals surface area contributed by atoms with E-state index in [9.17, 15) is 9.90 Å². The number of likely N-dealkylation sites (tertiary alicyclic amines) is 1. The van der Waals surface area contributed by atoms with Crippen molar-refractivity contribution in [1.29, 1.82) is 0 Å². The van der Waals surface area contributed by atoms with Crippen molar-refractivity contribution in [3.63, 3.8) is 0 Å². The third-order valence-electron chi connectivity index (χ3n) is 6.19. The highest BCUT2D eigenvalue weighted by Gasteiger charge is 2.27. The number of nitrogens with zero attached hydrogens (tertiary/aromatic N) is 4. The molecule has 38 heavy (non-hydrogen) atoms. The van der Waals surface area contributed by atoms with E-state index in [-0.39, 0.29) is 24.4 Å². The largest absolute Gasteiger partial charge is 0.491 e. The maximum Gasteiger partial charge on any atom is 0.248 e. The molecule has 12 heteroatoms. The monoisotopic (exact) mass is 575 g/mol. The summed E-state index contributed by atoms with van der Waals surface area (Å²) in [7, 11) is 0. The van der Waals surface area contributed by atoms with Crippen molar-refractivity contribution in [2.45, 2.75) is 31.9 Å². The smallest absolute Gasteiger partial charge is 0.248 e. The van der Waals surface area contributed by atoms with Crippen molar-refractivity contribution >= 4 is 63.7 Å². The number of piperidine rings is 1. The Labute approximate surface area is 235 Å². The molecule has 9 nitrogen and oxygen atoms in total. The van der Waals surface area contributed by atoms with E-state index in [0.29, 0.717) is 42.1 Å². The van der Waals surface area contributed by atoms with E-state index < -0.39 is 6.61 Å². The predicted molar refractivity (Wildman–Crippen MR) is 150 cm³/mol. The van der Waals surface area contributed by atoms with Gasteiger partial charge in [0.15, 0.2) is 0 Å². The lowest BCUT2D eigenvalue weighted by molar-refractivity contribution is -0.138. The van der Waals surface area contributed by atoms with Gasteiger partial charge in [-0.1, -0.05) is 17.7 Å². The number of rotatable bonds is 9. The van der Waals surface area contributed by atoms with Gasteiger partial charge in [0.1, 0.15) is 43.5 Å². The van der Waals surface area contributed by atoms with Crippen LogP contribution >= 0.6 is 35.3 Å². The Hall–Kier alpha value is -3.18. The Bertz CT molecular complexity index is 1370. The minimum atomic E-state index is -0.496. The molecule has 0 aliphatic carbocycles. The molecule has 0 bridgehead atoms. The number of aliphatic hydroxyl groups excluding tert-OH is 1. The number of thiazole rings is 1. The second kappa shape index (κ2) is 13.1. The topological polar surface area (TPSA) is 110 Å². The maximum absolute atomic E-state index is 12.2. The molecular formula is C26H27Cl2N5O4S. The van der Waals surface area contributed by atoms with Crippen molar-refractivity contribution in [2.75, 3.05) is 25.1 Å². The zero-order valence-corrected chi connectivity index (χ0v) is 22.8. The van der Waals surface area contributed by atoms with Crippen molar-refractivity contribution in [3.05, 3.63) is 64.3 Å². The van der Waals surface area contributed by atoms with Crippen molar-refractivity contribution in [1.82, 2.24) is 19.9 Å². The summed E-state index contributed by atoms with van der Waals surface area (Å²) < 4.78 is 12.0. The fourth-order valence-corrected chi connectivity index (χ4v) is 5.14. The second-order valence-electron chi connectivity index (χ2n) is 8.62. The number of amides is 1. The Morgan fingerprint density at radius 3 is 2.84 bits per heavy atom. The van der Waals surface area contributed by atoms with Crippen LogP contribution in [0.25, 0.3) is 10.9 Å². The summed E-state index contributed by atoms with van der Waals surface area (Å²) in [4.78, 5) is 27.0. The molecule has 2 aromatic heterocycles. The van der Waals surface area contributed by atoms with Crippen LogP contribution in [0.15, 0.2) is 53.6 Å². The third kappa shape index (κ3) is 6.44. The molecule has 1 saturated heterocycles. The quantitative estimate of drug-likeness (QED) is 0.279. The molecule has 0 radical (unpaired) electrons. The van der Waals surface area contributed by atoms with Crippen LogP contribution in [0, 0.1) is 0 Å². The molecule has 4 aromatic rings. The lowest BCUT2D eigenvalue weighted by Crippen LogP contribution is -2.47. The Morgan fingerprint density at radius 1 is 1.16 bits per heavy atom. The first kappa shape index (κ1) is 27.8. The van der Waals surface area contributed by atoms with Crippen LogP contribution in [0.5, 0.6) is 11.5 Å². The molecule has 1 fully saturated rings. The van der Waals surface area contributed by atoms with Gasteiger partial charge in [-0.05, 0) is 49.6 Å². The summed E-state index contributed by atoms with van der Waals surface area (Å²) in [5.41, 5.74) is 4.06. The van der Waals surface area contributed by atoms with Crippen LogP contribution in [0.4, 0.5) is 11.5 Å². The number of benzene rings is 2. The number of aromatic nitrogens is 3. The summed E-state index contributed by atoms with van der Waals surface area (Å²) in [5.74, 6) is 1.47. The Kier molecular flexibility index (Phi) is 9.57. The number of anilines is 2. The first-order valence-electron chi connectivity index (χ1n) is 12.0. The molecule has 0 unspecified atom stereocenters. The zero-order chi connectivity index (χ0) is 25.6. The summed E-state index contributed by atoms with van der Waals surface area (Å²) >= 11 is 8.00. The molecule has 200 valence electrons. The van der Waals surface area contributed by atoms with Gasteiger partial charge in [-0.3, -0.25) is 4.79 Å². The van der Waals surface area contributed by atoms with Crippen LogP contribution in [0.3, 0.4) is 0 Å². The molecule has 1 aliphatic rings. The molecule has 2 aromatic carbocycles. The number of hydrogen-bond donors (Lipinski definition) is 2. The highest BCUT2D eigenvalue weighted by atomic mass is 35.5.